The number of rotatable bonds is 9. The number of nitrogens with one attached hydrogen (secondary N) is 2. The van der Waals surface area contributed by atoms with E-state index in [4.69, 9.17) is 4.74 Å². The fraction of sp³-hybridized carbons (Fsp3) is 0.440. The molecule has 1 aliphatic heterocycles. The van der Waals surface area contributed by atoms with E-state index in [1.54, 1.807) is 24.3 Å². The molecule has 0 bridgehead atoms. The Balaban J connectivity index is 1.49. The van der Waals surface area contributed by atoms with Gasteiger partial charge in [-0.3, -0.25) is 9.59 Å². The zero-order chi connectivity index (χ0) is 22.1. The normalized spacial score (nSPS) is 14.2. The summed E-state index contributed by atoms with van der Waals surface area (Å²) in [7, 11) is 0. The molecule has 2 aromatic rings. The maximum absolute atomic E-state index is 12.6. The maximum atomic E-state index is 12.6. The predicted molar refractivity (Wildman–Crippen MR) is 125 cm³/mol. The summed E-state index contributed by atoms with van der Waals surface area (Å²) >= 11 is 0. The molecule has 1 heterocycles. The molecule has 0 aromatic heterocycles. The van der Waals surface area contributed by atoms with Gasteiger partial charge in [-0.2, -0.15) is 0 Å². The number of hydrogen-bond donors (Lipinski definition) is 2. The molecule has 166 valence electrons. The lowest BCUT2D eigenvalue weighted by atomic mass is 9.98. The summed E-state index contributed by atoms with van der Waals surface area (Å²) < 4.78 is 5.79. The van der Waals surface area contributed by atoms with Crippen molar-refractivity contribution in [3.8, 4) is 5.75 Å². The molecule has 0 spiro atoms. The second-order valence-electron chi connectivity index (χ2n) is 8.15. The van der Waals surface area contributed by atoms with E-state index < -0.39 is 0 Å². The molecule has 0 saturated carbocycles. The second-order valence-corrected chi connectivity index (χ2v) is 8.15. The first kappa shape index (κ1) is 22.7. The summed E-state index contributed by atoms with van der Waals surface area (Å²) in [5.41, 5.74) is 2.12. The van der Waals surface area contributed by atoms with Crippen molar-refractivity contribution in [1.82, 2.24) is 4.90 Å². The first-order valence-corrected chi connectivity index (χ1v) is 11.2. The van der Waals surface area contributed by atoms with Crippen LogP contribution in [0.25, 0.3) is 0 Å². The largest absolute Gasteiger partial charge is 0.491 e. The summed E-state index contributed by atoms with van der Waals surface area (Å²) in [6.07, 6.45) is 4.17. The molecular formula is C25H33N3O3. The van der Waals surface area contributed by atoms with Crippen LogP contribution in [0.5, 0.6) is 5.75 Å². The van der Waals surface area contributed by atoms with Gasteiger partial charge < -0.3 is 20.3 Å². The van der Waals surface area contributed by atoms with Gasteiger partial charge in [0.05, 0.1) is 18.8 Å². The Kier molecular flexibility index (Phi) is 8.33. The number of carbonyl (C=O) groups is 2. The first-order valence-electron chi connectivity index (χ1n) is 11.2. The summed E-state index contributed by atoms with van der Waals surface area (Å²) in [5, 5.41) is 6.01. The third kappa shape index (κ3) is 6.74. The van der Waals surface area contributed by atoms with Crippen molar-refractivity contribution in [3.63, 3.8) is 0 Å². The Bertz CT molecular complexity index is 859. The highest BCUT2D eigenvalue weighted by atomic mass is 16.5. The molecular weight excluding hydrogens is 390 g/mol. The number of carbonyl (C=O) groups excluding carboxylic acids is 2. The molecule has 6 heteroatoms. The minimum atomic E-state index is -0.160. The lowest BCUT2D eigenvalue weighted by Gasteiger charge is -2.30. The maximum Gasteiger partial charge on any atom is 0.253 e. The van der Waals surface area contributed by atoms with Crippen LogP contribution in [0, 0.1) is 5.92 Å². The number of likely N-dealkylation sites (tertiary alicyclic amines) is 1. The van der Waals surface area contributed by atoms with E-state index in [2.05, 4.69) is 24.5 Å². The molecule has 6 nitrogen and oxygen atoms in total. The number of para-hydroxylation sites is 2. The van der Waals surface area contributed by atoms with E-state index in [1.165, 1.54) is 0 Å². The lowest BCUT2D eigenvalue weighted by molar-refractivity contribution is -0.114. The van der Waals surface area contributed by atoms with Gasteiger partial charge >= 0.3 is 0 Å². The fourth-order valence-electron chi connectivity index (χ4n) is 3.54. The van der Waals surface area contributed by atoms with Crippen molar-refractivity contribution in [2.45, 2.75) is 39.5 Å². The van der Waals surface area contributed by atoms with Crippen LogP contribution in [0.3, 0.4) is 0 Å². The molecule has 0 radical (unpaired) electrons. The Morgan fingerprint density at radius 3 is 2.48 bits per heavy atom. The van der Waals surface area contributed by atoms with E-state index in [9.17, 15) is 9.59 Å². The Hall–Kier alpha value is -3.02. The highest BCUT2D eigenvalue weighted by Crippen LogP contribution is 2.24. The summed E-state index contributed by atoms with van der Waals surface area (Å²) in [6.45, 7) is 6.76. The van der Waals surface area contributed by atoms with Crippen LogP contribution in [0.15, 0.2) is 48.5 Å². The van der Waals surface area contributed by atoms with Crippen molar-refractivity contribution < 1.29 is 14.3 Å². The molecule has 0 unspecified atom stereocenters. The summed E-state index contributed by atoms with van der Waals surface area (Å²) in [5.74, 6) is 1.34. The highest BCUT2D eigenvalue weighted by Gasteiger charge is 2.21. The van der Waals surface area contributed by atoms with E-state index in [1.807, 2.05) is 29.2 Å². The van der Waals surface area contributed by atoms with Gasteiger partial charge in [0.15, 0.2) is 0 Å². The topological polar surface area (TPSA) is 70.7 Å². The van der Waals surface area contributed by atoms with Crippen molar-refractivity contribution in [3.05, 3.63) is 54.1 Å². The second kappa shape index (κ2) is 11.4. The molecule has 2 amide bonds. The number of ether oxygens (including phenoxy) is 1. The summed E-state index contributed by atoms with van der Waals surface area (Å²) in [4.78, 5) is 26.9. The van der Waals surface area contributed by atoms with Gasteiger partial charge in [-0.25, -0.2) is 0 Å². The van der Waals surface area contributed by atoms with E-state index in [0.717, 1.165) is 50.2 Å². The minimum absolute atomic E-state index is 0.0612. The van der Waals surface area contributed by atoms with E-state index >= 15 is 0 Å². The standard InChI is InChI=1S/C25H33N3O3/c1-3-4-17-31-23-8-6-5-7-22(23)26-18-24(29)27-21-11-9-20(10-12-21)25(30)28-15-13-19(2)14-16-28/h5-12,19,26H,3-4,13-18H2,1-2H3,(H,27,29). The van der Waals surface area contributed by atoms with Crippen LogP contribution in [0.4, 0.5) is 11.4 Å². The molecule has 3 rings (SSSR count). The number of hydrogen-bond acceptors (Lipinski definition) is 4. The quantitative estimate of drug-likeness (QED) is 0.569. The van der Waals surface area contributed by atoms with Crippen molar-refractivity contribution in [2.24, 2.45) is 5.92 Å². The third-order valence-corrected chi connectivity index (χ3v) is 5.57. The molecule has 1 fully saturated rings. The van der Waals surface area contributed by atoms with Gasteiger partial charge in [0.1, 0.15) is 5.75 Å². The molecule has 31 heavy (non-hydrogen) atoms. The van der Waals surface area contributed by atoms with Crippen molar-refractivity contribution in [2.75, 3.05) is 36.9 Å². The third-order valence-electron chi connectivity index (χ3n) is 5.57. The lowest BCUT2D eigenvalue weighted by Crippen LogP contribution is -2.37. The van der Waals surface area contributed by atoms with Gasteiger partial charge in [-0.15, -0.1) is 0 Å². The Labute approximate surface area is 185 Å². The van der Waals surface area contributed by atoms with E-state index in [0.29, 0.717) is 23.8 Å². The van der Waals surface area contributed by atoms with Crippen LogP contribution in [0.1, 0.15) is 49.9 Å². The molecule has 0 aliphatic carbocycles. The number of benzene rings is 2. The monoisotopic (exact) mass is 423 g/mol. The van der Waals surface area contributed by atoms with Crippen LogP contribution >= 0.6 is 0 Å². The van der Waals surface area contributed by atoms with Gasteiger partial charge in [0.2, 0.25) is 5.91 Å². The smallest absolute Gasteiger partial charge is 0.253 e. The van der Waals surface area contributed by atoms with E-state index in [-0.39, 0.29) is 18.4 Å². The summed E-state index contributed by atoms with van der Waals surface area (Å²) in [6, 6.07) is 14.7. The zero-order valence-electron chi connectivity index (χ0n) is 18.5. The molecule has 2 aromatic carbocycles. The molecule has 1 aliphatic rings. The van der Waals surface area contributed by atoms with Crippen molar-refractivity contribution >= 4 is 23.2 Å². The van der Waals surface area contributed by atoms with Crippen molar-refractivity contribution in [1.29, 1.82) is 0 Å². The molecule has 2 N–H and O–H groups in total. The van der Waals surface area contributed by atoms with Gasteiger partial charge in [0.25, 0.3) is 5.91 Å². The number of unbranched alkanes of at least 4 members (excludes halogenated alkanes) is 1. The molecule has 1 saturated heterocycles. The molecule has 0 atom stereocenters. The number of amides is 2. The van der Waals surface area contributed by atoms with Gasteiger partial charge in [0, 0.05) is 24.3 Å². The number of anilines is 2. The van der Waals surface area contributed by atoms with Crippen LogP contribution in [0.2, 0.25) is 0 Å². The number of nitrogens with zero attached hydrogens (tertiary/aromatic N) is 1. The minimum Gasteiger partial charge on any atom is -0.491 e. The fourth-order valence-corrected chi connectivity index (χ4v) is 3.54. The zero-order valence-corrected chi connectivity index (χ0v) is 18.5. The first-order chi connectivity index (χ1) is 15.1. The van der Waals surface area contributed by atoms with Gasteiger partial charge in [-0.05, 0) is 61.6 Å². The van der Waals surface area contributed by atoms with Gasteiger partial charge in [-0.1, -0.05) is 32.4 Å². The average molecular weight is 424 g/mol. The van der Waals surface area contributed by atoms with Crippen LogP contribution in [-0.4, -0.2) is 43.0 Å². The predicted octanol–water partition coefficient (Wildman–Crippen LogP) is 4.79. The van der Waals surface area contributed by atoms with Crippen LogP contribution in [-0.2, 0) is 4.79 Å². The highest BCUT2D eigenvalue weighted by molar-refractivity contribution is 5.96. The SMILES string of the molecule is CCCCOc1ccccc1NCC(=O)Nc1ccc(C(=O)N2CCC(C)CC2)cc1. The average Bonchev–Trinajstić information content (AvgIpc) is 2.79. The number of piperidine rings is 1. The Morgan fingerprint density at radius 1 is 1.06 bits per heavy atom. The Morgan fingerprint density at radius 2 is 1.77 bits per heavy atom. The van der Waals surface area contributed by atoms with Crippen LogP contribution < -0.4 is 15.4 Å².